The van der Waals surface area contributed by atoms with E-state index in [-0.39, 0.29) is 0 Å². The Morgan fingerprint density at radius 3 is 2.24 bits per heavy atom. The van der Waals surface area contributed by atoms with E-state index in [4.69, 9.17) is 0 Å². The van der Waals surface area contributed by atoms with Gasteiger partial charge in [-0.05, 0) is 55.8 Å². The maximum Gasteiger partial charge on any atom is 0.229 e. The Balaban J connectivity index is 1.79. The van der Waals surface area contributed by atoms with Crippen molar-refractivity contribution in [2.75, 3.05) is 29.6 Å². The molecule has 5 heteroatoms. The van der Waals surface area contributed by atoms with Gasteiger partial charge < -0.3 is 15.5 Å². The van der Waals surface area contributed by atoms with Crippen LogP contribution in [-0.2, 0) is 0 Å². The molecular weight excluding hydrogens is 310 g/mol. The van der Waals surface area contributed by atoms with Crippen LogP contribution in [0.5, 0.6) is 0 Å². The molecule has 25 heavy (non-hydrogen) atoms. The predicted molar refractivity (Wildman–Crippen MR) is 105 cm³/mol. The maximum absolute atomic E-state index is 4.57. The second kappa shape index (κ2) is 7.21. The van der Waals surface area contributed by atoms with E-state index in [1.807, 2.05) is 51.4 Å². The third-order valence-electron chi connectivity index (χ3n) is 3.78. The molecule has 1 heterocycles. The zero-order valence-electron chi connectivity index (χ0n) is 15.0. The molecule has 0 saturated carbocycles. The fourth-order valence-electron chi connectivity index (χ4n) is 2.53. The Morgan fingerprint density at radius 1 is 0.800 bits per heavy atom. The van der Waals surface area contributed by atoms with Gasteiger partial charge in [0.2, 0.25) is 5.95 Å². The third kappa shape index (κ3) is 4.47. The van der Waals surface area contributed by atoms with Crippen LogP contribution in [0.3, 0.4) is 0 Å². The van der Waals surface area contributed by atoms with E-state index < -0.39 is 0 Å². The van der Waals surface area contributed by atoms with Gasteiger partial charge in [-0.2, -0.15) is 4.98 Å². The Labute approximate surface area is 148 Å². The smallest absolute Gasteiger partial charge is 0.229 e. The lowest BCUT2D eigenvalue weighted by Crippen LogP contribution is -2.08. The van der Waals surface area contributed by atoms with Gasteiger partial charge >= 0.3 is 0 Å². The lowest BCUT2D eigenvalue weighted by molar-refractivity contribution is 1.10. The molecule has 0 aliphatic rings. The van der Waals surface area contributed by atoms with Crippen LogP contribution < -0.4 is 15.5 Å². The van der Waals surface area contributed by atoms with Crippen LogP contribution in [0.2, 0.25) is 0 Å². The van der Waals surface area contributed by atoms with Crippen LogP contribution in [0.25, 0.3) is 0 Å². The molecule has 0 saturated heterocycles. The molecule has 3 rings (SSSR count). The monoisotopic (exact) mass is 333 g/mol. The molecule has 0 fully saturated rings. The summed E-state index contributed by atoms with van der Waals surface area (Å²) in [6, 6.07) is 18.3. The zero-order valence-corrected chi connectivity index (χ0v) is 15.0. The molecule has 0 aliphatic carbocycles. The molecule has 2 N–H and O–H groups in total. The van der Waals surface area contributed by atoms with Crippen molar-refractivity contribution in [3.05, 3.63) is 65.9 Å². The van der Waals surface area contributed by atoms with E-state index in [0.29, 0.717) is 5.95 Å². The van der Waals surface area contributed by atoms with Crippen LogP contribution in [-0.4, -0.2) is 24.1 Å². The highest BCUT2D eigenvalue weighted by molar-refractivity contribution is 5.62. The van der Waals surface area contributed by atoms with Crippen molar-refractivity contribution in [1.82, 2.24) is 9.97 Å². The van der Waals surface area contributed by atoms with Crippen molar-refractivity contribution < 1.29 is 0 Å². The molecule has 0 atom stereocenters. The Hall–Kier alpha value is -3.08. The van der Waals surface area contributed by atoms with Gasteiger partial charge in [0.05, 0.1) is 0 Å². The average molecular weight is 333 g/mol. The highest BCUT2D eigenvalue weighted by atomic mass is 15.1. The number of hydrogen-bond acceptors (Lipinski definition) is 5. The summed E-state index contributed by atoms with van der Waals surface area (Å²) in [5, 5.41) is 6.61. The lowest BCUT2D eigenvalue weighted by Gasteiger charge is -2.13. The molecule has 0 amide bonds. The summed E-state index contributed by atoms with van der Waals surface area (Å²) in [6.45, 7) is 4.03. The minimum Gasteiger partial charge on any atom is -0.378 e. The maximum atomic E-state index is 4.57. The highest BCUT2D eigenvalue weighted by Crippen LogP contribution is 2.21. The Bertz CT molecular complexity index is 856. The van der Waals surface area contributed by atoms with E-state index in [1.165, 1.54) is 5.56 Å². The molecule has 0 radical (unpaired) electrons. The molecule has 128 valence electrons. The van der Waals surface area contributed by atoms with Crippen LogP contribution >= 0.6 is 0 Å². The Morgan fingerprint density at radius 2 is 1.56 bits per heavy atom. The minimum absolute atomic E-state index is 0.577. The number of aryl methyl sites for hydroxylation is 2. The summed E-state index contributed by atoms with van der Waals surface area (Å²) < 4.78 is 0. The first-order chi connectivity index (χ1) is 12.0. The normalized spacial score (nSPS) is 10.4. The van der Waals surface area contributed by atoms with E-state index in [9.17, 15) is 0 Å². The van der Waals surface area contributed by atoms with Crippen LogP contribution in [0.15, 0.2) is 54.6 Å². The number of hydrogen-bond donors (Lipinski definition) is 2. The van der Waals surface area contributed by atoms with Crippen molar-refractivity contribution in [3.8, 4) is 0 Å². The molecular formula is C20H23N5. The van der Waals surface area contributed by atoms with Gasteiger partial charge in [-0.25, -0.2) is 4.98 Å². The van der Waals surface area contributed by atoms with E-state index >= 15 is 0 Å². The van der Waals surface area contributed by atoms with Crippen LogP contribution in [0.1, 0.15) is 11.3 Å². The third-order valence-corrected chi connectivity index (χ3v) is 3.78. The number of benzene rings is 2. The van der Waals surface area contributed by atoms with Gasteiger partial charge in [-0.3, -0.25) is 0 Å². The summed E-state index contributed by atoms with van der Waals surface area (Å²) in [4.78, 5) is 11.1. The molecule has 2 aromatic carbocycles. The van der Waals surface area contributed by atoms with Crippen molar-refractivity contribution in [3.63, 3.8) is 0 Å². The van der Waals surface area contributed by atoms with Crippen molar-refractivity contribution in [2.45, 2.75) is 13.8 Å². The topological polar surface area (TPSA) is 53.1 Å². The fraction of sp³-hybridized carbons (Fsp3) is 0.200. The van der Waals surface area contributed by atoms with Crippen molar-refractivity contribution in [2.24, 2.45) is 0 Å². The van der Waals surface area contributed by atoms with Gasteiger partial charge in [-0.15, -0.1) is 0 Å². The quantitative estimate of drug-likeness (QED) is 0.712. The van der Waals surface area contributed by atoms with Gasteiger partial charge in [-0.1, -0.05) is 12.1 Å². The number of aromatic nitrogens is 2. The molecule has 0 bridgehead atoms. The van der Waals surface area contributed by atoms with Gasteiger partial charge in [0, 0.05) is 42.9 Å². The van der Waals surface area contributed by atoms with Crippen LogP contribution in [0.4, 0.5) is 28.8 Å². The van der Waals surface area contributed by atoms with E-state index in [2.05, 4.69) is 56.7 Å². The lowest BCUT2D eigenvalue weighted by atomic mass is 10.2. The minimum atomic E-state index is 0.577. The van der Waals surface area contributed by atoms with Gasteiger partial charge in [0.25, 0.3) is 0 Å². The highest BCUT2D eigenvalue weighted by Gasteiger charge is 2.04. The van der Waals surface area contributed by atoms with Crippen molar-refractivity contribution in [1.29, 1.82) is 0 Å². The first-order valence-electron chi connectivity index (χ1n) is 8.23. The van der Waals surface area contributed by atoms with Gasteiger partial charge in [0.15, 0.2) is 0 Å². The molecule has 0 aliphatic heterocycles. The number of nitrogens with zero attached hydrogens (tertiary/aromatic N) is 3. The van der Waals surface area contributed by atoms with E-state index in [0.717, 1.165) is 28.6 Å². The van der Waals surface area contributed by atoms with Crippen LogP contribution in [0, 0.1) is 13.8 Å². The number of anilines is 5. The summed E-state index contributed by atoms with van der Waals surface area (Å²) in [7, 11) is 4.05. The molecule has 0 spiro atoms. The molecule has 1 aromatic heterocycles. The SMILES string of the molecule is Cc1cccc(Nc2cc(C)nc(Nc3ccc(N(C)C)cc3)n2)c1. The fourth-order valence-corrected chi connectivity index (χ4v) is 2.53. The zero-order chi connectivity index (χ0) is 17.8. The summed E-state index contributed by atoms with van der Waals surface area (Å²) in [5.41, 5.74) is 5.22. The standard InChI is InChI=1S/C20H23N5/c1-14-6-5-7-17(12-14)22-19-13-15(2)21-20(24-19)23-16-8-10-18(11-9-16)25(3)4/h5-13H,1-4H3,(H2,21,22,23,24). The average Bonchev–Trinajstić information content (AvgIpc) is 2.54. The van der Waals surface area contributed by atoms with E-state index in [1.54, 1.807) is 0 Å². The summed E-state index contributed by atoms with van der Waals surface area (Å²) in [6.07, 6.45) is 0. The number of nitrogens with one attached hydrogen (secondary N) is 2. The molecule has 5 nitrogen and oxygen atoms in total. The van der Waals surface area contributed by atoms with Crippen molar-refractivity contribution >= 4 is 28.8 Å². The van der Waals surface area contributed by atoms with Gasteiger partial charge in [0.1, 0.15) is 5.82 Å². The summed E-state index contributed by atoms with van der Waals surface area (Å²) >= 11 is 0. The first kappa shape index (κ1) is 16.8. The predicted octanol–water partition coefficient (Wildman–Crippen LogP) is 4.65. The molecule has 0 unspecified atom stereocenters. The second-order valence-corrected chi connectivity index (χ2v) is 6.28. The number of rotatable bonds is 5. The summed E-state index contributed by atoms with van der Waals surface area (Å²) in [5.74, 6) is 1.35. The first-order valence-corrected chi connectivity index (χ1v) is 8.23. The largest absolute Gasteiger partial charge is 0.378 e. The second-order valence-electron chi connectivity index (χ2n) is 6.28. The molecule has 3 aromatic rings. The Kier molecular flexibility index (Phi) is 4.84.